The first-order chi connectivity index (χ1) is 46.2. The molecule has 23 nitrogen and oxygen atoms in total. The summed E-state index contributed by atoms with van der Waals surface area (Å²) in [7, 11) is -7.69. The normalized spacial score (nSPS) is 15.8. The van der Waals surface area contributed by atoms with Crippen molar-refractivity contribution in [1.82, 2.24) is 33.2 Å². The molecule has 2 fully saturated rings. The van der Waals surface area contributed by atoms with Crippen molar-refractivity contribution < 1.29 is 50.3 Å². The zero-order valence-electron chi connectivity index (χ0n) is 54.2. The summed E-state index contributed by atoms with van der Waals surface area (Å²) in [6.07, 6.45) is 10.4. The summed E-state index contributed by atoms with van der Waals surface area (Å²) < 4.78 is 66.9. The minimum atomic E-state index is -3.89. The van der Waals surface area contributed by atoms with E-state index in [1.165, 1.54) is 14.1 Å². The summed E-state index contributed by atoms with van der Waals surface area (Å²) in [5.74, 6) is 0.588. The van der Waals surface area contributed by atoms with Gasteiger partial charge in [-0.05, 0) is 153 Å². The van der Waals surface area contributed by atoms with Gasteiger partial charge < -0.3 is 31.2 Å². The standard InChI is InChI=1S/C35H35ClN6O5S.C23H22ClN5O2S.C11H15NO2.CO2.ClH/c1-35(2,3)47-34(44)40-23-15-13-22(14-16-23)32(43)38-24-17-18-25(19-24)39-33-37-20-29(36)31(41-33)28-21-42(30-12-8-7-11-27(28)30)48(45,46)26-9-5-4-6-10-26;24-20-13-26-23(27-16-11-10-15(25)12-16)28-22(20)19-14-29(21-9-5-4-8-18(19)21)32(30,31)17-6-2-1-3-7-17;1-11(2,3)14-10(13)12-9-7-5-4-6-8-9;2-1-3;/h4-16,20-21,24-25H,17-19H2,1-3H3,(H,38,43)(H,40,44)(H,37,39,41);1-9,13-16H,10-12,25H2,(H,26,27,28);4-8H,1-3H3,(H,12,13);;1H/t24-,25?;15-,16?;;;/m11.../s1. The van der Waals surface area contributed by atoms with Gasteiger partial charge in [0.15, 0.2) is 0 Å². The second-order valence-electron chi connectivity index (χ2n) is 24.6. The van der Waals surface area contributed by atoms with Gasteiger partial charge in [0.05, 0.1) is 54.7 Å². The summed E-state index contributed by atoms with van der Waals surface area (Å²) in [5.41, 5.74) is 9.79. The van der Waals surface area contributed by atoms with Crippen LogP contribution in [-0.2, 0) is 39.1 Å². The van der Waals surface area contributed by atoms with Gasteiger partial charge in [0, 0.05) is 75.4 Å². The molecule has 0 spiro atoms. The van der Waals surface area contributed by atoms with E-state index in [1.54, 1.807) is 149 Å². The first kappa shape index (κ1) is 74.1. The Labute approximate surface area is 583 Å². The van der Waals surface area contributed by atoms with Gasteiger partial charge in [-0.3, -0.25) is 15.4 Å². The molecular weight excluding hydrogens is 1360 g/mol. The van der Waals surface area contributed by atoms with Crippen molar-refractivity contribution >= 4 is 125 Å². The number of nitrogens with one attached hydrogen (secondary N) is 5. The number of carbonyl (C=O) groups is 3. The number of aromatic nitrogens is 6. The van der Waals surface area contributed by atoms with E-state index in [-0.39, 0.29) is 63.4 Å². The van der Waals surface area contributed by atoms with Gasteiger partial charge in [-0.15, -0.1) is 12.4 Å². The Morgan fingerprint density at radius 3 is 1.33 bits per heavy atom. The van der Waals surface area contributed by atoms with E-state index >= 15 is 0 Å². The van der Waals surface area contributed by atoms with Crippen LogP contribution in [0.25, 0.3) is 44.3 Å². The van der Waals surface area contributed by atoms with Gasteiger partial charge in [0.2, 0.25) is 11.9 Å². The lowest BCUT2D eigenvalue weighted by Crippen LogP contribution is -2.34. The molecule has 6 aromatic carbocycles. The quantitative estimate of drug-likeness (QED) is 0.0589. The fourth-order valence-electron chi connectivity index (χ4n) is 10.8. The van der Waals surface area contributed by atoms with E-state index in [1.807, 2.05) is 75.4 Å². The third-order valence-electron chi connectivity index (χ3n) is 15.1. The number of carbonyl (C=O) groups excluding carboxylic acids is 5. The Morgan fingerprint density at radius 1 is 0.531 bits per heavy atom. The lowest BCUT2D eigenvalue weighted by Gasteiger charge is -2.19. The van der Waals surface area contributed by atoms with E-state index in [9.17, 15) is 31.2 Å². The van der Waals surface area contributed by atoms with Crippen LogP contribution in [-0.4, -0.2) is 104 Å². The van der Waals surface area contributed by atoms with Gasteiger partial charge in [0.25, 0.3) is 26.0 Å². The van der Waals surface area contributed by atoms with E-state index in [2.05, 4.69) is 41.5 Å². The highest BCUT2D eigenvalue weighted by atomic mass is 35.5. The minimum absolute atomic E-state index is 0. The number of amides is 3. The second-order valence-corrected chi connectivity index (χ2v) is 29.1. The van der Waals surface area contributed by atoms with Gasteiger partial charge in [-0.1, -0.05) is 114 Å². The van der Waals surface area contributed by atoms with Crippen molar-refractivity contribution in [1.29, 1.82) is 0 Å². The zero-order valence-corrected chi connectivity index (χ0v) is 58.1. The van der Waals surface area contributed by atoms with Gasteiger partial charge in [-0.2, -0.15) is 9.59 Å². The topological polar surface area (TPSA) is 320 Å². The maximum atomic E-state index is 13.6. The van der Waals surface area contributed by atoms with E-state index in [0.717, 1.165) is 43.2 Å². The third-order valence-corrected chi connectivity index (χ3v) is 19.0. The number of nitrogens with zero attached hydrogens (tertiary/aromatic N) is 6. The van der Waals surface area contributed by atoms with Crippen LogP contribution in [0.5, 0.6) is 0 Å². The molecule has 4 aromatic heterocycles. The third kappa shape index (κ3) is 19.3. The molecule has 4 heterocycles. The highest BCUT2D eigenvalue weighted by molar-refractivity contribution is 7.90. The van der Waals surface area contributed by atoms with Gasteiger partial charge in [-0.25, -0.2) is 54.3 Å². The molecule has 0 radical (unpaired) electrons. The van der Waals surface area contributed by atoms with Crippen LogP contribution in [0.3, 0.4) is 0 Å². The first-order valence-corrected chi connectivity index (χ1v) is 34.4. The molecule has 0 bridgehead atoms. The average Bonchev–Trinajstić information content (AvgIpc) is 1.62. The number of benzene rings is 6. The fraction of sp³-hybridized carbons (Fsp3) is 0.257. The molecule has 98 heavy (non-hydrogen) atoms. The van der Waals surface area contributed by atoms with Crippen LogP contribution in [0.4, 0.5) is 32.9 Å². The predicted molar refractivity (Wildman–Crippen MR) is 381 cm³/mol. The lowest BCUT2D eigenvalue weighted by atomic mass is 10.1. The molecule has 7 N–H and O–H groups in total. The number of para-hydroxylation sites is 3. The number of hydrogen-bond donors (Lipinski definition) is 6. The summed E-state index contributed by atoms with van der Waals surface area (Å²) in [6, 6.07) is 47.2. The lowest BCUT2D eigenvalue weighted by molar-refractivity contribution is -0.191. The molecule has 4 atom stereocenters. The summed E-state index contributed by atoms with van der Waals surface area (Å²) in [6.45, 7) is 10.8. The van der Waals surface area contributed by atoms with Crippen LogP contribution >= 0.6 is 35.6 Å². The Bertz CT molecular complexity index is 4690. The van der Waals surface area contributed by atoms with Crippen molar-refractivity contribution in [3.05, 3.63) is 204 Å². The smallest absolute Gasteiger partial charge is 0.412 e. The number of rotatable bonds is 14. The molecular formula is C70H73Cl3N12O11S2. The number of nitrogens with two attached hydrogens (primary N) is 1. The second kappa shape index (κ2) is 32.6. The summed E-state index contributed by atoms with van der Waals surface area (Å²) >= 11 is 13.1. The Kier molecular flexibility index (Phi) is 24.6. The molecule has 2 aliphatic carbocycles. The van der Waals surface area contributed by atoms with E-state index in [0.29, 0.717) is 73.5 Å². The largest absolute Gasteiger partial charge is 0.444 e. The Balaban J connectivity index is 0.000000209. The van der Waals surface area contributed by atoms with Crippen LogP contribution < -0.4 is 32.3 Å². The Morgan fingerprint density at radius 2 is 0.908 bits per heavy atom. The van der Waals surface area contributed by atoms with Crippen molar-refractivity contribution in [3.63, 3.8) is 0 Å². The first-order valence-electron chi connectivity index (χ1n) is 30.8. The maximum Gasteiger partial charge on any atom is 0.412 e. The van der Waals surface area contributed by atoms with Crippen LogP contribution in [0.2, 0.25) is 10.0 Å². The highest BCUT2D eigenvalue weighted by Crippen LogP contribution is 2.38. The van der Waals surface area contributed by atoms with E-state index in [4.69, 9.17) is 53.0 Å². The molecule has 2 aliphatic rings. The molecule has 12 rings (SSSR count). The number of ether oxygens (including phenoxy) is 2. The molecule has 28 heteroatoms. The monoisotopic (exact) mass is 1430 g/mol. The summed E-state index contributed by atoms with van der Waals surface area (Å²) in [4.78, 5) is 71.0. The van der Waals surface area contributed by atoms with Crippen LogP contribution in [0, 0.1) is 0 Å². The molecule has 2 unspecified atom stereocenters. The SMILES string of the molecule is CC(C)(C)OC(=O)Nc1ccc(C(=O)N[C@@H]2CCC(Nc3ncc(Cl)c(-c4cn(S(=O)(=O)c5ccccc5)c5ccccc45)n3)C2)cc1.CC(C)(C)OC(=O)Nc1ccccc1.Cl.N[C@@H]1CCC(Nc2ncc(Cl)c(-c3cn(S(=O)(=O)c4ccccc4)c4ccccc34)n2)C1.O=C=O. The molecule has 0 aliphatic heterocycles. The van der Waals surface area contributed by atoms with Crippen molar-refractivity contribution in [2.75, 3.05) is 21.3 Å². The summed E-state index contributed by atoms with van der Waals surface area (Å²) in [5, 5.41) is 17.1. The zero-order chi connectivity index (χ0) is 69.7. The predicted octanol–water partition coefficient (Wildman–Crippen LogP) is 14.3. The minimum Gasteiger partial charge on any atom is -0.444 e. The van der Waals surface area contributed by atoms with Gasteiger partial charge in [0.1, 0.15) is 11.2 Å². The van der Waals surface area contributed by atoms with Crippen molar-refractivity contribution in [3.8, 4) is 22.5 Å². The fourth-order valence-corrected chi connectivity index (χ4v) is 14.0. The molecule has 3 amide bonds. The Hall–Kier alpha value is -9.72. The molecule has 2 saturated carbocycles. The molecule has 512 valence electrons. The van der Waals surface area contributed by atoms with Crippen molar-refractivity contribution in [2.24, 2.45) is 5.73 Å². The number of fused-ring (bicyclic) bond motifs is 2. The molecule has 0 saturated heterocycles. The number of halogens is 3. The van der Waals surface area contributed by atoms with Crippen molar-refractivity contribution in [2.45, 2.75) is 125 Å². The molecule has 10 aromatic rings. The average molecular weight is 1430 g/mol. The maximum absolute atomic E-state index is 13.6. The van der Waals surface area contributed by atoms with Crippen LogP contribution in [0.1, 0.15) is 90.4 Å². The number of hydrogen-bond acceptors (Lipinski definition) is 18. The van der Waals surface area contributed by atoms with E-state index < -0.39 is 43.4 Å². The highest BCUT2D eigenvalue weighted by Gasteiger charge is 2.30. The van der Waals surface area contributed by atoms with Gasteiger partial charge >= 0.3 is 18.3 Å². The van der Waals surface area contributed by atoms with Crippen LogP contribution in [0.15, 0.2) is 198 Å². The number of anilines is 4.